The van der Waals surface area contributed by atoms with Gasteiger partial charge < -0.3 is 9.47 Å². The molecule has 0 amide bonds. The second-order valence-electron chi connectivity index (χ2n) is 11.0. The molecule has 7 aromatic carbocycles. The van der Waals surface area contributed by atoms with Crippen molar-refractivity contribution in [1.82, 2.24) is 4.57 Å². The molecule has 0 radical (unpaired) electrons. The minimum Gasteiger partial charge on any atom is -0.310 e. The third kappa shape index (κ3) is 3.79. The van der Waals surface area contributed by atoms with Gasteiger partial charge in [0.25, 0.3) is 0 Å². The fourth-order valence-electron chi connectivity index (χ4n) is 6.64. The van der Waals surface area contributed by atoms with Gasteiger partial charge in [0.1, 0.15) is 0 Å². The fourth-order valence-corrected chi connectivity index (χ4v) is 7.80. The summed E-state index contributed by atoms with van der Waals surface area (Å²) < 4.78 is 5.02. The lowest BCUT2D eigenvalue weighted by molar-refractivity contribution is 1.20. The normalized spacial score (nSPS) is 11.7. The SMILES string of the molecule is c1ccc(N(c2ccc3ccccc3c2)c2ccc3c(c2)sc2cccc(-n4c5ccccc5c5ccccc54)c23)cc1. The van der Waals surface area contributed by atoms with Gasteiger partial charge >= 0.3 is 0 Å². The van der Waals surface area contributed by atoms with Crippen LogP contribution in [-0.2, 0) is 0 Å². The molecule has 3 heteroatoms. The fraction of sp³-hybridized carbons (Fsp3) is 0. The number of fused-ring (bicyclic) bond motifs is 7. The van der Waals surface area contributed by atoms with Gasteiger partial charge in [0.2, 0.25) is 0 Å². The Morgan fingerprint density at radius 3 is 1.86 bits per heavy atom. The summed E-state index contributed by atoms with van der Waals surface area (Å²) in [4.78, 5) is 2.37. The van der Waals surface area contributed by atoms with E-state index in [0.717, 1.165) is 17.1 Å². The van der Waals surface area contributed by atoms with Crippen LogP contribution in [0.2, 0.25) is 0 Å². The molecule has 2 aromatic heterocycles. The quantitative estimate of drug-likeness (QED) is 0.206. The Morgan fingerprint density at radius 2 is 1.07 bits per heavy atom. The predicted molar refractivity (Wildman–Crippen MR) is 186 cm³/mol. The summed E-state index contributed by atoms with van der Waals surface area (Å²) in [6.45, 7) is 0. The molecule has 0 spiro atoms. The van der Waals surface area contributed by atoms with Crippen LogP contribution in [0.4, 0.5) is 17.1 Å². The third-order valence-electron chi connectivity index (χ3n) is 8.54. The Kier molecular flexibility index (Phi) is 5.40. The minimum absolute atomic E-state index is 1.14. The van der Waals surface area contributed by atoms with Crippen LogP contribution in [-0.4, -0.2) is 4.57 Å². The highest BCUT2D eigenvalue weighted by Crippen LogP contribution is 2.44. The van der Waals surface area contributed by atoms with Crippen LogP contribution < -0.4 is 4.90 Å². The Balaban J connectivity index is 1.27. The maximum absolute atomic E-state index is 2.44. The number of hydrogen-bond acceptors (Lipinski definition) is 2. The van der Waals surface area contributed by atoms with E-state index in [1.165, 1.54) is 58.4 Å². The van der Waals surface area contributed by atoms with Crippen LogP contribution in [0.15, 0.2) is 158 Å². The van der Waals surface area contributed by atoms with E-state index in [1.807, 2.05) is 11.3 Å². The van der Waals surface area contributed by atoms with Crippen LogP contribution in [0.25, 0.3) is 58.4 Å². The first-order chi connectivity index (χ1) is 21.3. The summed E-state index contributed by atoms with van der Waals surface area (Å²) in [6.07, 6.45) is 0. The molecule has 2 heterocycles. The summed E-state index contributed by atoms with van der Waals surface area (Å²) in [5.41, 5.74) is 7.14. The van der Waals surface area contributed by atoms with Gasteiger partial charge in [-0.25, -0.2) is 0 Å². The van der Waals surface area contributed by atoms with Crippen molar-refractivity contribution in [3.8, 4) is 5.69 Å². The molecule has 9 rings (SSSR count). The molecule has 0 aliphatic heterocycles. The molecule has 0 saturated heterocycles. The molecule has 0 unspecified atom stereocenters. The maximum Gasteiger partial charge on any atom is 0.0555 e. The average molecular weight is 567 g/mol. The van der Waals surface area contributed by atoms with Crippen LogP contribution in [0.5, 0.6) is 0 Å². The molecule has 0 fully saturated rings. The predicted octanol–water partition coefficient (Wildman–Crippen LogP) is 11.8. The summed E-state index contributed by atoms with van der Waals surface area (Å²) in [6, 6.07) is 57.1. The summed E-state index contributed by atoms with van der Waals surface area (Å²) in [7, 11) is 0. The number of anilines is 3. The van der Waals surface area contributed by atoms with E-state index in [4.69, 9.17) is 0 Å². The zero-order chi connectivity index (χ0) is 28.3. The summed E-state index contributed by atoms with van der Waals surface area (Å²) in [5.74, 6) is 0. The van der Waals surface area contributed by atoms with E-state index in [2.05, 4.69) is 167 Å². The van der Waals surface area contributed by atoms with Gasteiger partial charge in [0, 0.05) is 48.0 Å². The minimum atomic E-state index is 1.14. The van der Waals surface area contributed by atoms with Crippen molar-refractivity contribution in [2.75, 3.05) is 4.90 Å². The zero-order valence-corrected chi connectivity index (χ0v) is 24.1. The van der Waals surface area contributed by atoms with Crippen LogP contribution >= 0.6 is 11.3 Å². The molecule has 43 heavy (non-hydrogen) atoms. The van der Waals surface area contributed by atoms with Crippen molar-refractivity contribution < 1.29 is 0 Å². The topological polar surface area (TPSA) is 8.17 Å². The van der Waals surface area contributed by atoms with E-state index in [0.29, 0.717) is 0 Å². The van der Waals surface area contributed by atoms with Gasteiger partial charge in [-0.05, 0) is 71.4 Å². The first-order valence-electron chi connectivity index (χ1n) is 14.6. The molecular weight excluding hydrogens is 541 g/mol. The maximum atomic E-state index is 2.44. The van der Waals surface area contributed by atoms with Gasteiger partial charge in [-0.1, -0.05) is 97.1 Å². The van der Waals surface area contributed by atoms with Crippen molar-refractivity contribution in [3.05, 3.63) is 158 Å². The van der Waals surface area contributed by atoms with Gasteiger partial charge in [-0.15, -0.1) is 11.3 Å². The molecule has 0 aliphatic carbocycles. The van der Waals surface area contributed by atoms with Gasteiger partial charge in [-0.3, -0.25) is 0 Å². The van der Waals surface area contributed by atoms with Crippen molar-refractivity contribution in [2.24, 2.45) is 0 Å². The van der Waals surface area contributed by atoms with Gasteiger partial charge in [0.15, 0.2) is 0 Å². The Morgan fingerprint density at radius 1 is 0.419 bits per heavy atom. The standard InChI is InChI=1S/C40H26N2S/c1-2-13-29(14-3-1)41(30-22-21-27-11-4-5-12-28(27)25-30)31-23-24-34-39(26-31)43-38-20-10-19-37(40(34)38)42-35-17-8-6-15-32(35)33-16-7-9-18-36(33)42/h1-26H. The average Bonchev–Trinajstić information content (AvgIpc) is 3.61. The largest absolute Gasteiger partial charge is 0.310 e. The molecule has 0 aliphatic rings. The second kappa shape index (κ2) is 9.59. The molecule has 0 atom stereocenters. The highest BCUT2D eigenvalue weighted by atomic mass is 32.1. The van der Waals surface area contributed by atoms with E-state index in [1.54, 1.807) is 0 Å². The Bertz CT molecular complexity index is 2410. The van der Waals surface area contributed by atoms with Crippen LogP contribution in [0.1, 0.15) is 0 Å². The number of aromatic nitrogens is 1. The number of hydrogen-bond donors (Lipinski definition) is 0. The Labute approximate surface area is 253 Å². The van der Waals surface area contributed by atoms with Crippen molar-refractivity contribution >= 4 is 81.1 Å². The van der Waals surface area contributed by atoms with E-state index in [-0.39, 0.29) is 0 Å². The number of nitrogens with zero attached hydrogens (tertiary/aromatic N) is 2. The third-order valence-corrected chi connectivity index (χ3v) is 9.66. The molecule has 2 nitrogen and oxygen atoms in total. The lowest BCUT2D eigenvalue weighted by Crippen LogP contribution is -2.09. The smallest absolute Gasteiger partial charge is 0.0555 e. The van der Waals surface area contributed by atoms with E-state index in [9.17, 15) is 0 Å². The van der Waals surface area contributed by atoms with Crippen LogP contribution in [0.3, 0.4) is 0 Å². The molecule has 0 saturated carbocycles. The number of para-hydroxylation sites is 3. The number of benzene rings is 7. The molecule has 0 bridgehead atoms. The van der Waals surface area contributed by atoms with Crippen molar-refractivity contribution in [2.45, 2.75) is 0 Å². The van der Waals surface area contributed by atoms with Gasteiger partial charge in [-0.2, -0.15) is 0 Å². The first kappa shape index (κ1) is 24.2. The summed E-state index contributed by atoms with van der Waals surface area (Å²) in [5, 5.41) is 7.64. The number of rotatable bonds is 4. The summed E-state index contributed by atoms with van der Waals surface area (Å²) >= 11 is 1.87. The Hall–Kier alpha value is -5.38. The lowest BCUT2D eigenvalue weighted by Gasteiger charge is -2.26. The molecule has 9 aromatic rings. The molecular formula is C40H26N2S. The highest BCUT2D eigenvalue weighted by Gasteiger charge is 2.18. The monoisotopic (exact) mass is 566 g/mol. The van der Waals surface area contributed by atoms with Gasteiger partial charge in [0.05, 0.1) is 16.7 Å². The zero-order valence-electron chi connectivity index (χ0n) is 23.3. The van der Waals surface area contributed by atoms with E-state index < -0.39 is 0 Å². The van der Waals surface area contributed by atoms with E-state index >= 15 is 0 Å². The van der Waals surface area contributed by atoms with Crippen LogP contribution in [0, 0.1) is 0 Å². The highest BCUT2D eigenvalue weighted by molar-refractivity contribution is 7.26. The number of thiophene rings is 1. The second-order valence-corrected chi connectivity index (χ2v) is 12.1. The van der Waals surface area contributed by atoms with Crippen molar-refractivity contribution in [3.63, 3.8) is 0 Å². The van der Waals surface area contributed by atoms with Crippen molar-refractivity contribution in [1.29, 1.82) is 0 Å². The lowest BCUT2D eigenvalue weighted by atomic mass is 10.1. The molecule has 202 valence electrons. The molecule has 0 N–H and O–H groups in total. The first-order valence-corrected chi connectivity index (χ1v) is 15.4.